The van der Waals surface area contributed by atoms with Crippen LogP contribution in [0.25, 0.3) is 15.9 Å². The maximum Gasteiger partial charge on any atom is 0.259 e. The molecule has 0 unspecified atom stereocenters. The Bertz CT molecular complexity index is 1320. The van der Waals surface area contributed by atoms with Gasteiger partial charge in [0.2, 0.25) is 5.95 Å². The van der Waals surface area contributed by atoms with Crippen molar-refractivity contribution in [1.29, 1.82) is 0 Å². The molecule has 7 nitrogen and oxygen atoms in total. The number of aryl methyl sites for hydroxylation is 3. The van der Waals surface area contributed by atoms with Crippen LogP contribution in [0.5, 0.6) is 0 Å². The molecule has 4 heterocycles. The molecule has 1 aliphatic heterocycles. The first-order valence-electron chi connectivity index (χ1n) is 10.9. The Labute approximate surface area is 194 Å². The fraction of sp³-hybridized carbons (Fsp3) is 0.391. The lowest BCUT2D eigenvalue weighted by Gasteiger charge is -2.27. The molecule has 0 radical (unpaired) electrons. The molecule has 3 aromatic heterocycles. The van der Waals surface area contributed by atoms with Crippen LogP contribution in [0.4, 0.5) is 5.95 Å². The summed E-state index contributed by atoms with van der Waals surface area (Å²) < 4.78 is 2.13. The van der Waals surface area contributed by atoms with Gasteiger partial charge in [0.1, 0.15) is 10.7 Å². The number of hydrogen-bond acceptors (Lipinski definition) is 7. The Balaban J connectivity index is 1.48. The summed E-state index contributed by atoms with van der Waals surface area (Å²) >= 11 is 3.12. The number of aromatic nitrogens is 5. The molecule has 0 amide bonds. The molecule has 166 valence electrons. The van der Waals surface area contributed by atoms with Crippen molar-refractivity contribution in [3.8, 4) is 5.69 Å². The molecule has 5 rings (SSSR count). The zero-order chi connectivity index (χ0) is 22.2. The van der Waals surface area contributed by atoms with Gasteiger partial charge >= 0.3 is 0 Å². The Morgan fingerprint density at radius 3 is 2.56 bits per heavy atom. The van der Waals surface area contributed by atoms with E-state index in [1.165, 1.54) is 24.8 Å². The number of nitrogens with one attached hydrogen (secondary N) is 1. The van der Waals surface area contributed by atoms with Gasteiger partial charge in [-0.25, -0.2) is 4.98 Å². The van der Waals surface area contributed by atoms with Gasteiger partial charge in [-0.3, -0.25) is 9.36 Å². The lowest BCUT2D eigenvalue weighted by molar-refractivity contribution is 0.564. The highest BCUT2D eigenvalue weighted by atomic mass is 32.2. The summed E-state index contributed by atoms with van der Waals surface area (Å²) in [5.74, 6) is 2.06. The first-order valence-corrected chi connectivity index (χ1v) is 12.7. The van der Waals surface area contributed by atoms with Crippen molar-refractivity contribution >= 4 is 39.3 Å². The number of thiophene rings is 1. The largest absolute Gasteiger partial charge is 0.341 e. The minimum Gasteiger partial charge on any atom is -0.341 e. The number of benzene rings is 1. The Morgan fingerprint density at radius 1 is 1.06 bits per heavy atom. The number of piperidine rings is 1. The third-order valence-electron chi connectivity index (χ3n) is 5.97. The van der Waals surface area contributed by atoms with Gasteiger partial charge in [0.25, 0.3) is 5.56 Å². The highest BCUT2D eigenvalue weighted by Crippen LogP contribution is 2.31. The summed E-state index contributed by atoms with van der Waals surface area (Å²) in [6.45, 7) is 8.09. The Hall–Kier alpha value is -2.65. The number of thioether (sulfide) groups is 1. The van der Waals surface area contributed by atoms with Crippen molar-refractivity contribution in [2.24, 2.45) is 0 Å². The number of rotatable bonds is 5. The van der Waals surface area contributed by atoms with Gasteiger partial charge in [-0.1, -0.05) is 29.5 Å². The SMILES string of the molecule is Cc1ccc(-n2c(SCc3nc4sc(C)c(C)c4c(=O)[nH]3)nnc2N2CCCCC2)cc1. The molecule has 0 saturated carbocycles. The summed E-state index contributed by atoms with van der Waals surface area (Å²) in [4.78, 5) is 24.6. The fourth-order valence-corrected chi connectivity index (χ4v) is 5.94. The van der Waals surface area contributed by atoms with E-state index >= 15 is 0 Å². The molecule has 0 aliphatic carbocycles. The average molecular weight is 467 g/mol. The third kappa shape index (κ3) is 3.95. The molecule has 1 saturated heterocycles. The van der Waals surface area contributed by atoms with E-state index in [1.807, 2.05) is 13.8 Å². The van der Waals surface area contributed by atoms with E-state index in [0.29, 0.717) is 17.0 Å². The number of fused-ring (bicyclic) bond motifs is 1. The van der Waals surface area contributed by atoms with Gasteiger partial charge in [0.05, 0.1) is 16.8 Å². The molecule has 4 aromatic rings. The number of hydrogen-bond donors (Lipinski definition) is 1. The van der Waals surface area contributed by atoms with Crippen molar-refractivity contribution in [2.45, 2.75) is 50.9 Å². The van der Waals surface area contributed by atoms with Crippen LogP contribution < -0.4 is 10.5 Å². The van der Waals surface area contributed by atoms with Gasteiger partial charge in [-0.15, -0.1) is 21.5 Å². The number of anilines is 1. The second-order valence-electron chi connectivity index (χ2n) is 8.27. The van der Waals surface area contributed by atoms with Crippen LogP contribution in [0.3, 0.4) is 0 Å². The van der Waals surface area contributed by atoms with E-state index in [2.05, 4.69) is 55.8 Å². The lowest BCUT2D eigenvalue weighted by atomic mass is 10.1. The van der Waals surface area contributed by atoms with Crippen LogP contribution >= 0.6 is 23.1 Å². The highest BCUT2D eigenvalue weighted by molar-refractivity contribution is 7.98. The summed E-state index contributed by atoms with van der Waals surface area (Å²) in [7, 11) is 0. The second-order valence-corrected chi connectivity index (χ2v) is 10.4. The summed E-state index contributed by atoms with van der Waals surface area (Å²) in [5.41, 5.74) is 3.21. The smallest absolute Gasteiger partial charge is 0.259 e. The van der Waals surface area contributed by atoms with Crippen LogP contribution in [0.15, 0.2) is 34.2 Å². The molecular weight excluding hydrogens is 440 g/mol. The average Bonchev–Trinajstić information content (AvgIpc) is 3.34. The van der Waals surface area contributed by atoms with Crippen LogP contribution in [-0.2, 0) is 5.75 Å². The molecular formula is C23H26N6OS2. The molecule has 1 N–H and O–H groups in total. The van der Waals surface area contributed by atoms with Gasteiger partial charge in [0, 0.05) is 18.0 Å². The molecule has 1 aliphatic rings. The third-order valence-corrected chi connectivity index (χ3v) is 8.01. The van der Waals surface area contributed by atoms with E-state index in [-0.39, 0.29) is 5.56 Å². The standard InChI is InChI=1S/C23H26N6OS2/c1-14-7-9-17(10-8-14)29-22(28-11-5-4-6-12-28)26-27-23(29)31-13-18-24-20(30)19-15(2)16(3)32-21(19)25-18/h7-10H,4-6,11-13H2,1-3H3,(H,24,25,30). The van der Waals surface area contributed by atoms with Crippen molar-refractivity contribution in [3.63, 3.8) is 0 Å². The minimum absolute atomic E-state index is 0.0681. The topological polar surface area (TPSA) is 79.7 Å². The van der Waals surface area contributed by atoms with Crippen molar-refractivity contribution < 1.29 is 0 Å². The summed E-state index contributed by atoms with van der Waals surface area (Å²) in [5, 5.41) is 10.6. The van der Waals surface area contributed by atoms with E-state index in [1.54, 1.807) is 23.1 Å². The molecule has 9 heteroatoms. The monoisotopic (exact) mass is 466 g/mol. The molecule has 0 spiro atoms. The zero-order valence-electron chi connectivity index (χ0n) is 18.5. The lowest BCUT2D eigenvalue weighted by Crippen LogP contribution is -2.31. The minimum atomic E-state index is -0.0681. The predicted octanol–water partition coefficient (Wildman–Crippen LogP) is 4.77. The Kier molecular flexibility index (Phi) is 5.77. The van der Waals surface area contributed by atoms with Gasteiger partial charge in [-0.2, -0.15) is 0 Å². The van der Waals surface area contributed by atoms with Gasteiger partial charge < -0.3 is 9.88 Å². The van der Waals surface area contributed by atoms with Crippen molar-refractivity contribution in [3.05, 3.63) is 56.4 Å². The molecule has 1 fully saturated rings. The normalized spacial score (nSPS) is 14.4. The first kappa shape index (κ1) is 21.2. The van der Waals surface area contributed by atoms with Crippen LogP contribution in [-0.4, -0.2) is 37.8 Å². The number of nitrogens with zero attached hydrogens (tertiary/aromatic N) is 5. The molecule has 1 aromatic carbocycles. The summed E-state index contributed by atoms with van der Waals surface area (Å²) in [6, 6.07) is 8.44. The first-order chi connectivity index (χ1) is 15.5. The fourth-order valence-electron chi connectivity index (χ4n) is 4.07. The maximum atomic E-state index is 12.6. The van der Waals surface area contributed by atoms with Crippen molar-refractivity contribution in [2.75, 3.05) is 18.0 Å². The van der Waals surface area contributed by atoms with E-state index in [4.69, 9.17) is 4.98 Å². The van der Waals surface area contributed by atoms with Gasteiger partial charge in [0.15, 0.2) is 5.16 Å². The van der Waals surface area contributed by atoms with Crippen LogP contribution in [0.2, 0.25) is 0 Å². The van der Waals surface area contributed by atoms with Crippen LogP contribution in [0.1, 0.15) is 41.1 Å². The number of H-pyrrole nitrogens is 1. The summed E-state index contributed by atoms with van der Waals surface area (Å²) in [6.07, 6.45) is 3.61. The van der Waals surface area contributed by atoms with E-state index < -0.39 is 0 Å². The second kappa shape index (κ2) is 8.71. The van der Waals surface area contributed by atoms with Crippen molar-refractivity contribution in [1.82, 2.24) is 24.7 Å². The highest BCUT2D eigenvalue weighted by Gasteiger charge is 2.22. The molecule has 0 bridgehead atoms. The molecule has 0 atom stereocenters. The maximum absolute atomic E-state index is 12.6. The van der Waals surface area contributed by atoms with E-state index in [9.17, 15) is 4.79 Å². The Morgan fingerprint density at radius 2 is 1.81 bits per heavy atom. The van der Waals surface area contributed by atoms with Crippen LogP contribution in [0, 0.1) is 20.8 Å². The van der Waals surface area contributed by atoms with Gasteiger partial charge in [-0.05, 0) is 57.7 Å². The molecule has 32 heavy (non-hydrogen) atoms. The zero-order valence-corrected chi connectivity index (χ0v) is 20.1. The predicted molar refractivity (Wildman–Crippen MR) is 131 cm³/mol. The quantitative estimate of drug-likeness (QED) is 0.427. The number of aromatic amines is 1. The van der Waals surface area contributed by atoms with E-state index in [0.717, 1.165) is 45.2 Å².